The first-order valence-corrected chi connectivity index (χ1v) is 9.63. The molecule has 0 saturated heterocycles. The second-order valence-electron chi connectivity index (χ2n) is 6.23. The summed E-state index contributed by atoms with van der Waals surface area (Å²) in [6.45, 7) is 1.86. The van der Waals surface area contributed by atoms with Crippen LogP contribution in [-0.2, 0) is 17.6 Å². The summed E-state index contributed by atoms with van der Waals surface area (Å²) in [7, 11) is 0. The van der Waals surface area contributed by atoms with E-state index in [2.05, 4.69) is 5.32 Å². The van der Waals surface area contributed by atoms with Crippen LogP contribution in [0.25, 0.3) is 0 Å². The number of nitrogens with one attached hydrogen (secondary N) is 1. The third kappa shape index (κ3) is 4.76. The van der Waals surface area contributed by atoms with E-state index in [0.717, 1.165) is 21.6 Å². The molecule has 0 aliphatic rings. The van der Waals surface area contributed by atoms with Gasteiger partial charge in [0.05, 0.1) is 12.0 Å². The van der Waals surface area contributed by atoms with Crippen molar-refractivity contribution in [2.24, 2.45) is 5.73 Å². The molecule has 3 aromatic rings. The van der Waals surface area contributed by atoms with Gasteiger partial charge in [0.1, 0.15) is 5.00 Å². The normalized spacial score (nSPS) is 10.6. The standard InChI is InChI=1S/C21H19ClN2O2S/c1-13-17(11-14-5-3-2-4-6-14)27-21(19(13)20(23)26)24-18(25)12-15-7-9-16(22)10-8-15/h2-10H,11-12H2,1H3,(H2,23,26)(H,24,25). The molecule has 0 aliphatic carbocycles. The molecule has 6 heteroatoms. The lowest BCUT2D eigenvalue weighted by Crippen LogP contribution is -2.18. The van der Waals surface area contributed by atoms with Crippen molar-refractivity contribution in [2.45, 2.75) is 19.8 Å². The van der Waals surface area contributed by atoms with E-state index in [-0.39, 0.29) is 12.3 Å². The fourth-order valence-electron chi connectivity index (χ4n) is 2.85. The van der Waals surface area contributed by atoms with E-state index in [1.54, 1.807) is 24.3 Å². The maximum absolute atomic E-state index is 12.4. The van der Waals surface area contributed by atoms with E-state index in [4.69, 9.17) is 17.3 Å². The molecule has 4 nitrogen and oxygen atoms in total. The van der Waals surface area contributed by atoms with Crippen molar-refractivity contribution < 1.29 is 9.59 Å². The number of halogens is 1. The first-order valence-electron chi connectivity index (χ1n) is 8.44. The third-order valence-corrected chi connectivity index (χ3v) is 5.69. The number of primary amides is 1. The van der Waals surface area contributed by atoms with Crippen LogP contribution in [-0.4, -0.2) is 11.8 Å². The minimum Gasteiger partial charge on any atom is -0.365 e. The average molecular weight is 399 g/mol. The number of carbonyl (C=O) groups excluding carboxylic acids is 2. The lowest BCUT2D eigenvalue weighted by atomic mass is 10.1. The Morgan fingerprint density at radius 3 is 2.33 bits per heavy atom. The zero-order valence-corrected chi connectivity index (χ0v) is 16.4. The number of rotatable bonds is 6. The molecule has 0 aliphatic heterocycles. The van der Waals surface area contributed by atoms with Crippen LogP contribution < -0.4 is 11.1 Å². The summed E-state index contributed by atoms with van der Waals surface area (Å²) in [5, 5.41) is 3.97. The van der Waals surface area contributed by atoms with Gasteiger partial charge >= 0.3 is 0 Å². The van der Waals surface area contributed by atoms with Gasteiger partial charge in [0.2, 0.25) is 5.91 Å². The van der Waals surface area contributed by atoms with Crippen LogP contribution in [0.15, 0.2) is 54.6 Å². The average Bonchev–Trinajstić information content (AvgIpc) is 2.93. The fraction of sp³-hybridized carbons (Fsp3) is 0.143. The Morgan fingerprint density at radius 2 is 1.70 bits per heavy atom. The number of amides is 2. The summed E-state index contributed by atoms with van der Waals surface area (Å²) >= 11 is 7.27. The van der Waals surface area contributed by atoms with Gasteiger partial charge in [-0.15, -0.1) is 11.3 Å². The lowest BCUT2D eigenvalue weighted by molar-refractivity contribution is -0.115. The van der Waals surface area contributed by atoms with Gasteiger partial charge in [0.15, 0.2) is 0 Å². The molecule has 0 radical (unpaired) electrons. The van der Waals surface area contributed by atoms with E-state index >= 15 is 0 Å². The van der Waals surface area contributed by atoms with Crippen molar-refractivity contribution in [1.29, 1.82) is 0 Å². The molecule has 2 amide bonds. The second kappa shape index (κ2) is 8.37. The Bertz CT molecular complexity index is 966. The zero-order chi connectivity index (χ0) is 19.4. The zero-order valence-electron chi connectivity index (χ0n) is 14.8. The van der Waals surface area contributed by atoms with Crippen molar-refractivity contribution in [3.63, 3.8) is 0 Å². The molecule has 1 aromatic heterocycles. The fourth-order valence-corrected chi connectivity index (χ4v) is 4.24. The highest BCUT2D eigenvalue weighted by molar-refractivity contribution is 7.17. The molecule has 0 saturated carbocycles. The molecule has 3 rings (SSSR count). The SMILES string of the molecule is Cc1c(Cc2ccccc2)sc(NC(=O)Cc2ccc(Cl)cc2)c1C(N)=O. The molecule has 0 unspecified atom stereocenters. The topological polar surface area (TPSA) is 72.2 Å². The van der Waals surface area contributed by atoms with Crippen LogP contribution in [0.3, 0.4) is 0 Å². The Labute approximate surface area is 167 Å². The van der Waals surface area contributed by atoms with Gasteiger partial charge < -0.3 is 11.1 Å². The predicted molar refractivity (Wildman–Crippen MR) is 111 cm³/mol. The van der Waals surface area contributed by atoms with Crippen LogP contribution >= 0.6 is 22.9 Å². The largest absolute Gasteiger partial charge is 0.365 e. The minimum absolute atomic E-state index is 0.195. The van der Waals surface area contributed by atoms with E-state index in [0.29, 0.717) is 22.0 Å². The van der Waals surface area contributed by atoms with Gasteiger partial charge in [-0.3, -0.25) is 9.59 Å². The van der Waals surface area contributed by atoms with Gasteiger partial charge in [0, 0.05) is 16.3 Å². The maximum Gasteiger partial charge on any atom is 0.251 e. The van der Waals surface area contributed by atoms with Crippen molar-refractivity contribution in [3.8, 4) is 0 Å². The predicted octanol–water partition coefficient (Wildman–Crippen LogP) is 4.58. The highest BCUT2D eigenvalue weighted by atomic mass is 35.5. The molecular weight excluding hydrogens is 380 g/mol. The minimum atomic E-state index is -0.537. The summed E-state index contributed by atoms with van der Waals surface area (Å²) in [5.41, 5.74) is 8.75. The second-order valence-corrected chi connectivity index (χ2v) is 7.77. The molecule has 0 fully saturated rings. The summed E-state index contributed by atoms with van der Waals surface area (Å²) in [6, 6.07) is 17.1. The van der Waals surface area contributed by atoms with Crippen LogP contribution in [0, 0.1) is 6.92 Å². The molecule has 3 N–H and O–H groups in total. The molecule has 1 heterocycles. The Kier molecular flexibility index (Phi) is 5.94. The van der Waals surface area contributed by atoms with Gasteiger partial charge in [-0.1, -0.05) is 54.1 Å². The molecule has 0 bridgehead atoms. The van der Waals surface area contributed by atoms with E-state index < -0.39 is 5.91 Å². The first kappa shape index (κ1) is 19.1. The van der Waals surface area contributed by atoms with E-state index in [1.807, 2.05) is 37.3 Å². The number of carbonyl (C=O) groups is 2. The van der Waals surface area contributed by atoms with Gasteiger partial charge in [-0.25, -0.2) is 0 Å². The Balaban J connectivity index is 1.81. The quantitative estimate of drug-likeness (QED) is 0.637. The monoisotopic (exact) mass is 398 g/mol. The molecule has 138 valence electrons. The lowest BCUT2D eigenvalue weighted by Gasteiger charge is -2.05. The number of hydrogen-bond acceptors (Lipinski definition) is 3. The van der Waals surface area contributed by atoms with Crippen LogP contribution in [0.5, 0.6) is 0 Å². The Hall–Kier alpha value is -2.63. The van der Waals surface area contributed by atoms with Crippen molar-refractivity contribution >= 4 is 39.8 Å². The molecule has 27 heavy (non-hydrogen) atoms. The maximum atomic E-state index is 12.4. The van der Waals surface area contributed by atoms with Crippen LogP contribution in [0.1, 0.15) is 31.9 Å². The van der Waals surface area contributed by atoms with Gasteiger partial charge in [-0.2, -0.15) is 0 Å². The van der Waals surface area contributed by atoms with Crippen LogP contribution in [0.2, 0.25) is 5.02 Å². The number of hydrogen-bond donors (Lipinski definition) is 2. The summed E-state index contributed by atoms with van der Waals surface area (Å²) in [6.07, 6.45) is 0.880. The summed E-state index contributed by atoms with van der Waals surface area (Å²) in [5.74, 6) is -0.739. The van der Waals surface area contributed by atoms with Crippen molar-refractivity contribution in [2.75, 3.05) is 5.32 Å². The van der Waals surface area contributed by atoms with Crippen molar-refractivity contribution in [1.82, 2.24) is 0 Å². The molecule has 0 atom stereocenters. The van der Waals surface area contributed by atoms with Gasteiger partial charge in [0.25, 0.3) is 5.91 Å². The number of nitrogens with two attached hydrogens (primary N) is 1. The van der Waals surface area contributed by atoms with Gasteiger partial charge in [-0.05, 0) is 35.7 Å². The highest BCUT2D eigenvalue weighted by Gasteiger charge is 2.21. The molecule has 0 spiro atoms. The Morgan fingerprint density at radius 1 is 1.04 bits per heavy atom. The van der Waals surface area contributed by atoms with Crippen LogP contribution in [0.4, 0.5) is 5.00 Å². The number of thiophene rings is 1. The van der Waals surface area contributed by atoms with E-state index in [9.17, 15) is 9.59 Å². The van der Waals surface area contributed by atoms with Crippen molar-refractivity contribution in [3.05, 3.63) is 86.8 Å². The number of anilines is 1. The smallest absolute Gasteiger partial charge is 0.251 e. The highest BCUT2D eigenvalue weighted by Crippen LogP contribution is 2.34. The number of benzene rings is 2. The summed E-state index contributed by atoms with van der Waals surface area (Å²) < 4.78 is 0. The molecule has 2 aromatic carbocycles. The first-order chi connectivity index (χ1) is 12.9. The van der Waals surface area contributed by atoms with E-state index in [1.165, 1.54) is 11.3 Å². The molecular formula is C21H19ClN2O2S. The third-order valence-electron chi connectivity index (χ3n) is 4.23. The summed E-state index contributed by atoms with van der Waals surface area (Å²) in [4.78, 5) is 25.4.